The lowest BCUT2D eigenvalue weighted by molar-refractivity contribution is -0.149. The van der Waals surface area contributed by atoms with Gasteiger partial charge in [-0.05, 0) is 5.92 Å². The molecule has 98 valence electrons. The summed E-state index contributed by atoms with van der Waals surface area (Å²) in [5.74, 6) is -2.74. The van der Waals surface area contributed by atoms with E-state index in [1.54, 1.807) is 13.8 Å². The molecule has 0 rings (SSSR count). The summed E-state index contributed by atoms with van der Waals surface area (Å²) in [6, 6.07) is -2.13. The van der Waals surface area contributed by atoms with Crippen molar-refractivity contribution >= 4 is 17.8 Å². The van der Waals surface area contributed by atoms with Crippen LogP contribution < -0.4 is 11.1 Å². The Kier molecular flexibility index (Phi) is 6.19. The number of nitrogens with one attached hydrogen (secondary N) is 1. The Morgan fingerprint density at radius 3 is 2.24 bits per heavy atom. The van der Waals surface area contributed by atoms with Gasteiger partial charge in [0.15, 0.2) is 0 Å². The van der Waals surface area contributed by atoms with Gasteiger partial charge in [0.25, 0.3) is 0 Å². The van der Waals surface area contributed by atoms with E-state index in [0.717, 1.165) is 7.11 Å². The number of carbonyl (C=O) groups is 3. The topological polar surface area (TPSA) is 119 Å². The lowest BCUT2D eigenvalue weighted by atomic mass is 10.0. The largest absolute Gasteiger partial charge is 0.480 e. The smallest absolute Gasteiger partial charge is 0.326 e. The Labute approximate surface area is 99.3 Å². The fourth-order valence-electron chi connectivity index (χ4n) is 1.02. The van der Waals surface area contributed by atoms with Crippen LogP contribution in [0.2, 0.25) is 0 Å². The molecule has 0 aliphatic rings. The van der Waals surface area contributed by atoms with E-state index in [1.807, 2.05) is 0 Å². The number of carbonyl (C=O) groups excluding carboxylic acids is 2. The van der Waals surface area contributed by atoms with E-state index in [1.165, 1.54) is 0 Å². The van der Waals surface area contributed by atoms with Crippen LogP contribution in [0.3, 0.4) is 0 Å². The van der Waals surface area contributed by atoms with Gasteiger partial charge in [-0.2, -0.15) is 0 Å². The number of hydrogen-bond acceptors (Lipinski definition) is 5. The molecule has 0 aliphatic heterocycles. The van der Waals surface area contributed by atoms with E-state index < -0.39 is 36.4 Å². The first kappa shape index (κ1) is 15.4. The third-order valence-corrected chi connectivity index (χ3v) is 2.23. The SMILES string of the molecule is COC(=O)C[C@H](NC(=O)C(N)C(C)C)C(=O)O. The van der Waals surface area contributed by atoms with Crippen LogP contribution in [0, 0.1) is 5.92 Å². The summed E-state index contributed by atoms with van der Waals surface area (Å²) >= 11 is 0. The van der Waals surface area contributed by atoms with E-state index in [-0.39, 0.29) is 5.92 Å². The molecule has 0 bridgehead atoms. The number of rotatable bonds is 6. The van der Waals surface area contributed by atoms with Crippen LogP contribution in [0.4, 0.5) is 0 Å². The molecule has 4 N–H and O–H groups in total. The Morgan fingerprint density at radius 2 is 1.88 bits per heavy atom. The number of ether oxygens (including phenoxy) is 1. The third-order valence-electron chi connectivity index (χ3n) is 2.23. The van der Waals surface area contributed by atoms with Crippen LogP contribution in [-0.2, 0) is 19.1 Å². The van der Waals surface area contributed by atoms with Crippen LogP contribution in [0.15, 0.2) is 0 Å². The first-order chi connectivity index (χ1) is 7.79. The predicted octanol–water partition coefficient (Wildman–Crippen LogP) is -0.898. The number of methoxy groups -OCH3 is 1. The van der Waals surface area contributed by atoms with E-state index in [9.17, 15) is 14.4 Å². The van der Waals surface area contributed by atoms with Crippen molar-refractivity contribution in [3.05, 3.63) is 0 Å². The number of carboxylic acid groups (broad SMARTS) is 1. The highest BCUT2D eigenvalue weighted by molar-refractivity contribution is 5.89. The summed E-state index contributed by atoms with van der Waals surface area (Å²) in [4.78, 5) is 33.3. The maximum Gasteiger partial charge on any atom is 0.326 e. The third kappa shape index (κ3) is 5.30. The molecule has 0 saturated carbocycles. The second kappa shape index (κ2) is 6.85. The maximum atomic E-state index is 11.5. The number of carboxylic acids is 1. The molecule has 0 aromatic rings. The molecule has 17 heavy (non-hydrogen) atoms. The Bertz CT molecular complexity index is 303. The number of amides is 1. The average molecular weight is 246 g/mol. The van der Waals surface area contributed by atoms with Crippen LogP contribution in [0.25, 0.3) is 0 Å². The predicted molar refractivity (Wildman–Crippen MR) is 59.0 cm³/mol. The van der Waals surface area contributed by atoms with E-state index in [0.29, 0.717) is 0 Å². The Balaban J connectivity index is 4.50. The summed E-state index contributed by atoms with van der Waals surface area (Å²) in [5.41, 5.74) is 5.55. The summed E-state index contributed by atoms with van der Waals surface area (Å²) in [6.07, 6.45) is -0.428. The van der Waals surface area contributed by atoms with Crippen LogP contribution >= 0.6 is 0 Å². The first-order valence-electron chi connectivity index (χ1n) is 5.15. The molecule has 0 radical (unpaired) electrons. The number of esters is 1. The molecule has 2 atom stereocenters. The van der Waals surface area contributed by atoms with Crippen molar-refractivity contribution in [2.24, 2.45) is 11.7 Å². The van der Waals surface area contributed by atoms with E-state index in [2.05, 4.69) is 10.1 Å². The molecule has 0 aromatic heterocycles. The summed E-state index contributed by atoms with van der Waals surface area (Å²) < 4.78 is 4.34. The molecule has 1 amide bonds. The second-order valence-corrected chi connectivity index (χ2v) is 3.95. The fraction of sp³-hybridized carbons (Fsp3) is 0.700. The monoisotopic (exact) mass is 246 g/mol. The van der Waals surface area contributed by atoms with E-state index >= 15 is 0 Å². The maximum absolute atomic E-state index is 11.5. The molecule has 0 aliphatic carbocycles. The molecular weight excluding hydrogens is 228 g/mol. The van der Waals surface area contributed by atoms with Crippen LogP contribution in [0.1, 0.15) is 20.3 Å². The normalized spacial score (nSPS) is 13.9. The highest BCUT2D eigenvalue weighted by Gasteiger charge is 2.27. The van der Waals surface area contributed by atoms with Gasteiger partial charge in [-0.25, -0.2) is 4.79 Å². The van der Waals surface area contributed by atoms with Gasteiger partial charge in [-0.15, -0.1) is 0 Å². The number of aliphatic carboxylic acids is 1. The second-order valence-electron chi connectivity index (χ2n) is 3.95. The van der Waals surface area contributed by atoms with Crippen LogP contribution in [0.5, 0.6) is 0 Å². The van der Waals surface area contributed by atoms with Crippen molar-refractivity contribution < 1.29 is 24.2 Å². The molecule has 0 aromatic carbocycles. The van der Waals surface area contributed by atoms with Gasteiger partial charge in [-0.3, -0.25) is 9.59 Å². The zero-order valence-corrected chi connectivity index (χ0v) is 10.1. The standard InChI is InChI=1S/C10H18N2O5/c1-5(2)8(11)9(14)12-6(10(15)16)4-7(13)17-3/h5-6,8H,4,11H2,1-3H3,(H,12,14)(H,15,16)/t6-,8?/m0/s1. The van der Waals surface area contributed by atoms with Gasteiger partial charge < -0.3 is 20.9 Å². The van der Waals surface area contributed by atoms with Crippen molar-refractivity contribution in [2.45, 2.75) is 32.4 Å². The minimum atomic E-state index is -1.32. The molecule has 0 spiro atoms. The molecule has 7 nitrogen and oxygen atoms in total. The van der Waals surface area contributed by atoms with Gasteiger partial charge in [0.05, 0.1) is 19.6 Å². The summed E-state index contributed by atoms with van der Waals surface area (Å²) in [5, 5.41) is 11.0. The molecule has 0 fully saturated rings. The lowest BCUT2D eigenvalue weighted by Gasteiger charge is -2.19. The van der Waals surface area contributed by atoms with Gasteiger partial charge in [0.1, 0.15) is 6.04 Å². The molecular formula is C10H18N2O5. The highest BCUT2D eigenvalue weighted by Crippen LogP contribution is 2.01. The van der Waals surface area contributed by atoms with Gasteiger partial charge in [-0.1, -0.05) is 13.8 Å². The van der Waals surface area contributed by atoms with Crippen molar-refractivity contribution in [1.82, 2.24) is 5.32 Å². The summed E-state index contributed by atoms with van der Waals surface area (Å²) in [6.45, 7) is 3.47. The zero-order valence-electron chi connectivity index (χ0n) is 10.1. The average Bonchev–Trinajstić information content (AvgIpc) is 2.26. The number of nitrogens with two attached hydrogens (primary N) is 1. The minimum absolute atomic E-state index is 0.123. The summed E-state index contributed by atoms with van der Waals surface area (Å²) in [7, 11) is 1.14. The molecule has 7 heteroatoms. The highest BCUT2D eigenvalue weighted by atomic mass is 16.5. The molecule has 0 heterocycles. The molecule has 0 saturated heterocycles. The Hall–Kier alpha value is -1.63. The van der Waals surface area contributed by atoms with Gasteiger partial charge >= 0.3 is 11.9 Å². The van der Waals surface area contributed by atoms with Crippen molar-refractivity contribution in [1.29, 1.82) is 0 Å². The zero-order chi connectivity index (χ0) is 13.6. The minimum Gasteiger partial charge on any atom is -0.480 e. The quantitative estimate of drug-likeness (QED) is 0.523. The van der Waals surface area contributed by atoms with E-state index in [4.69, 9.17) is 10.8 Å². The van der Waals surface area contributed by atoms with Gasteiger partial charge in [0.2, 0.25) is 5.91 Å². The lowest BCUT2D eigenvalue weighted by Crippen LogP contribution is -2.51. The Morgan fingerprint density at radius 1 is 1.35 bits per heavy atom. The number of hydrogen-bond donors (Lipinski definition) is 3. The fourth-order valence-corrected chi connectivity index (χ4v) is 1.02. The van der Waals surface area contributed by atoms with Gasteiger partial charge in [0, 0.05) is 0 Å². The molecule has 1 unspecified atom stereocenters. The van der Waals surface area contributed by atoms with Crippen molar-refractivity contribution in [2.75, 3.05) is 7.11 Å². The van der Waals surface area contributed by atoms with Crippen LogP contribution in [-0.4, -0.2) is 42.1 Å². The first-order valence-corrected chi connectivity index (χ1v) is 5.15. The van der Waals surface area contributed by atoms with Crippen molar-refractivity contribution in [3.8, 4) is 0 Å². The van der Waals surface area contributed by atoms with Crippen molar-refractivity contribution in [3.63, 3.8) is 0 Å².